The highest BCUT2D eigenvalue weighted by molar-refractivity contribution is 7.89. The molecule has 2 rings (SSSR count). The maximum atomic E-state index is 11.8. The zero-order chi connectivity index (χ0) is 12.8. The molecule has 1 unspecified atom stereocenters. The average molecular weight is 274 g/mol. The van der Waals surface area contributed by atoms with Crippen LogP contribution < -0.4 is 10.0 Å². The van der Waals surface area contributed by atoms with Crippen molar-refractivity contribution in [3.05, 3.63) is 12.2 Å². The fourth-order valence-electron chi connectivity index (χ4n) is 2.01. The van der Waals surface area contributed by atoms with Gasteiger partial charge in [-0.15, -0.1) is 0 Å². The molecule has 0 amide bonds. The molecule has 2 heterocycles. The maximum Gasteiger partial charge on any atom is 0.227 e. The molecule has 1 aliphatic heterocycles. The average Bonchev–Trinajstić information content (AvgIpc) is 2.82. The van der Waals surface area contributed by atoms with Gasteiger partial charge in [-0.05, 0) is 19.4 Å². The summed E-state index contributed by atoms with van der Waals surface area (Å²) in [5.74, 6) is 0.574. The largest absolute Gasteiger partial charge is 0.340 e. The fraction of sp³-hybridized carbons (Fsp3) is 0.800. The van der Waals surface area contributed by atoms with Crippen LogP contribution in [0.4, 0.5) is 0 Å². The first kappa shape index (κ1) is 13.4. The third kappa shape index (κ3) is 4.35. The van der Waals surface area contributed by atoms with Crippen molar-refractivity contribution in [2.45, 2.75) is 31.7 Å². The van der Waals surface area contributed by atoms with Gasteiger partial charge >= 0.3 is 0 Å². The number of rotatable bonds is 6. The van der Waals surface area contributed by atoms with E-state index in [9.17, 15) is 8.42 Å². The number of hydrogen-bond acceptors (Lipinski definition) is 6. The molecule has 1 aromatic heterocycles. The van der Waals surface area contributed by atoms with Crippen molar-refractivity contribution < 1.29 is 12.9 Å². The van der Waals surface area contributed by atoms with E-state index < -0.39 is 10.0 Å². The Kier molecular flexibility index (Phi) is 4.67. The van der Waals surface area contributed by atoms with Gasteiger partial charge in [-0.2, -0.15) is 4.98 Å². The predicted octanol–water partition coefficient (Wildman–Crippen LogP) is -0.326. The topological polar surface area (TPSA) is 97.1 Å². The fourth-order valence-corrected chi connectivity index (χ4v) is 3.35. The second-order valence-electron chi connectivity index (χ2n) is 4.41. The molecule has 1 aliphatic rings. The Morgan fingerprint density at radius 1 is 1.50 bits per heavy atom. The molecule has 0 radical (unpaired) electrons. The van der Waals surface area contributed by atoms with Crippen molar-refractivity contribution in [3.8, 4) is 0 Å². The Labute approximate surface area is 106 Å². The van der Waals surface area contributed by atoms with Crippen LogP contribution in [0.1, 0.15) is 25.2 Å². The molecule has 1 saturated heterocycles. The lowest BCUT2D eigenvalue weighted by atomic mass is 10.1. The molecule has 0 spiro atoms. The number of piperidine rings is 1. The first-order valence-electron chi connectivity index (χ1n) is 6.12. The Bertz CT molecular complexity index is 440. The van der Waals surface area contributed by atoms with E-state index in [-0.39, 0.29) is 18.3 Å². The van der Waals surface area contributed by atoms with Gasteiger partial charge in [-0.3, -0.25) is 0 Å². The second-order valence-corrected chi connectivity index (χ2v) is 6.26. The lowest BCUT2D eigenvalue weighted by Crippen LogP contribution is -2.42. The molecule has 18 heavy (non-hydrogen) atoms. The van der Waals surface area contributed by atoms with Crippen molar-refractivity contribution >= 4 is 10.0 Å². The molecule has 1 fully saturated rings. The SMILES string of the molecule is O=S(=O)(CC1CCCCN1)NCCc1ncno1. The van der Waals surface area contributed by atoms with Gasteiger partial charge in [-0.1, -0.05) is 11.6 Å². The molecule has 8 heteroatoms. The first-order chi connectivity index (χ1) is 8.66. The van der Waals surface area contributed by atoms with Crippen molar-refractivity contribution in [3.63, 3.8) is 0 Å². The zero-order valence-corrected chi connectivity index (χ0v) is 10.9. The third-order valence-corrected chi connectivity index (χ3v) is 4.39. The van der Waals surface area contributed by atoms with Gasteiger partial charge in [0.05, 0.1) is 5.75 Å². The molecule has 7 nitrogen and oxygen atoms in total. The van der Waals surface area contributed by atoms with E-state index in [0.29, 0.717) is 12.3 Å². The highest BCUT2D eigenvalue weighted by Crippen LogP contribution is 2.08. The number of nitrogens with one attached hydrogen (secondary N) is 2. The van der Waals surface area contributed by atoms with Crippen LogP contribution in [0.3, 0.4) is 0 Å². The second kappa shape index (κ2) is 6.26. The molecule has 0 saturated carbocycles. The molecule has 0 aromatic carbocycles. The van der Waals surface area contributed by atoms with Crippen LogP contribution in [0.5, 0.6) is 0 Å². The van der Waals surface area contributed by atoms with Crippen LogP contribution in [0.2, 0.25) is 0 Å². The van der Waals surface area contributed by atoms with Crippen molar-refractivity contribution in [1.29, 1.82) is 0 Å². The number of nitrogens with zero attached hydrogens (tertiary/aromatic N) is 2. The summed E-state index contributed by atoms with van der Waals surface area (Å²) in [5, 5.41) is 6.68. The van der Waals surface area contributed by atoms with E-state index in [2.05, 4.69) is 20.2 Å². The van der Waals surface area contributed by atoms with Crippen molar-refractivity contribution in [2.75, 3.05) is 18.8 Å². The predicted molar refractivity (Wildman–Crippen MR) is 65.4 cm³/mol. The van der Waals surface area contributed by atoms with E-state index in [1.165, 1.54) is 6.33 Å². The van der Waals surface area contributed by atoms with Gasteiger partial charge in [0.15, 0.2) is 6.33 Å². The van der Waals surface area contributed by atoms with E-state index in [1.54, 1.807) is 0 Å². The minimum atomic E-state index is -3.24. The summed E-state index contributed by atoms with van der Waals surface area (Å²) in [4.78, 5) is 3.83. The van der Waals surface area contributed by atoms with Crippen LogP contribution >= 0.6 is 0 Å². The number of hydrogen-bond donors (Lipinski definition) is 2. The van der Waals surface area contributed by atoms with E-state index in [0.717, 1.165) is 25.8 Å². The molecule has 2 N–H and O–H groups in total. The third-order valence-electron chi connectivity index (χ3n) is 2.90. The summed E-state index contributed by atoms with van der Waals surface area (Å²) in [6, 6.07) is 0.0691. The van der Waals surface area contributed by atoms with Crippen LogP contribution in [0.15, 0.2) is 10.9 Å². The normalized spacial score (nSPS) is 21.0. The minimum absolute atomic E-state index is 0.0691. The molecule has 1 aromatic rings. The van der Waals surface area contributed by atoms with Gasteiger partial charge in [0.25, 0.3) is 0 Å². The van der Waals surface area contributed by atoms with E-state index >= 15 is 0 Å². The summed E-state index contributed by atoms with van der Waals surface area (Å²) in [6.07, 6.45) is 4.86. The van der Waals surface area contributed by atoms with Crippen LogP contribution in [0.25, 0.3) is 0 Å². The summed E-state index contributed by atoms with van der Waals surface area (Å²) in [7, 11) is -3.24. The van der Waals surface area contributed by atoms with Gasteiger partial charge in [0.1, 0.15) is 0 Å². The Morgan fingerprint density at radius 2 is 2.39 bits per heavy atom. The number of aromatic nitrogens is 2. The number of sulfonamides is 1. The van der Waals surface area contributed by atoms with Crippen LogP contribution in [-0.2, 0) is 16.4 Å². The quantitative estimate of drug-likeness (QED) is 0.737. The molecular weight excluding hydrogens is 256 g/mol. The van der Waals surface area contributed by atoms with Gasteiger partial charge in [0, 0.05) is 19.0 Å². The molecule has 0 aliphatic carbocycles. The van der Waals surface area contributed by atoms with Crippen molar-refractivity contribution in [2.24, 2.45) is 0 Å². The van der Waals surface area contributed by atoms with Gasteiger partial charge in [0.2, 0.25) is 15.9 Å². The summed E-state index contributed by atoms with van der Waals surface area (Å²) < 4.78 is 31.0. The lowest BCUT2D eigenvalue weighted by Gasteiger charge is -2.23. The monoisotopic (exact) mass is 274 g/mol. The first-order valence-corrected chi connectivity index (χ1v) is 7.77. The highest BCUT2D eigenvalue weighted by atomic mass is 32.2. The summed E-state index contributed by atoms with van der Waals surface area (Å²) >= 11 is 0. The molecule has 1 atom stereocenters. The molecular formula is C10H18N4O3S. The Balaban J connectivity index is 1.73. The zero-order valence-electron chi connectivity index (χ0n) is 10.1. The van der Waals surface area contributed by atoms with E-state index in [1.807, 2.05) is 0 Å². The summed E-state index contributed by atoms with van der Waals surface area (Å²) in [6.45, 7) is 1.19. The van der Waals surface area contributed by atoms with Crippen LogP contribution in [0, 0.1) is 0 Å². The maximum absolute atomic E-state index is 11.8. The van der Waals surface area contributed by atoms with Gasteiger partial charge in [-0.25, -0.2) is 13.1 Å². The Morgan fingerprint density at radius 3 is 3.06 bits per heavy atom. The smallest absolute Gasteiger partial charge is 0.227 e. The van der Waals surface area contributed by atoms with Gasteiger partial charge < -0.3 is 9.84 Å². The minimum Gasteiger partial charge on any atom is -0.340 e. The highest BCUT2D eigenvalue weighted by Gasteiger charge is 2.20. The van der Waals surface area contributed by atoms with E-state index in [4.69, 9.17) is 4.52 Å². The lowest BCUT2D eigenvalue weighted by molar-refractivity contribution is 0.377. The summed E-state index contributed by atoms with van der Waals surface area (Å²) in [5.41, 5.74) is 0. The molecule has 0 bridgehead atoms. The molecule has 102 valence electrons. The van der Waals surface area contributed by atoms with Crippen molar-refractivity contribution in [1.82, 2.24) is 20.2 Å². The van der Waals surface area contributed by atoms with Crippen LogP contribution in [-0.4, -0.2) is 43.4 Å². The standard InChI is InChI=1S/C10H18N4O3S/c15-18(16,7-9-3-1-2-5-11-9)14-6-4-10-12-8-13-17-10/h8-9,11,14H,1-7H2. The Hall–Kier alpha value is -0.990.